The third kappa shape index (κ3) is 3.52. The van der Waals surface area contributed by atoms with E-state index in [-0.39, 0.29) is 24.1 Å². The summed E-state index contributed by atoms with van der Waals surface area (Å²) in [5.74, 6) is -0.656. The maximum absolute atomic E-state index is 12.1. The van der Waals surface area contributed by atoms with Crippen molar-refractivity contribution in [1.82, 2.24) is 25.8 Å². The average molecular weight is 309 g/mol. The second kappa shape index (κ2) is 6.69. The molecule has 3 N–H and O–H groups in total. The minimum atomic E-state index is -0.387. The van der Waals surface area contributed by atoms with Crippen molar-refractivity contribution in [3.8, 4) is 0 Å². The van der Waals surface area contributed by atoms with Crippen molar-refractivity contribution in [1.29, 1.82) is 0 Å². The van der Waals surface area contributed by atoms with Crippen molar-refractivity contribution in [2.45, 2.75) is 6.54 Å². The third-order valence-electron chi connectivity index (χ3n) is 3.33. The van der Waals surface area contributed by atoms with E-state index >= 15 is 0 Å². The van der Waals surface area contributed by atoms with Crippen LogP contribution in [0.4, 0.5) is 0 Å². The van der Waals surface area contributed by atoms with E-state index in [1.807, 2.05) is 30.3 Å². The van der Waals surface area contributed by atoms with Crippen molar-refractivity contribution in [2.24, 2.45) is 0 Å². The zero-order valence-electron chi connectivity index (χ0n) is 12.2. The standard InChI is InChI=1S/C16H15N5O2/c22-14(18-9-11-5-7-17-8-6-11)10-19-16(23)15-12-3-1-2-4-13(12)20-21-15/h1-8H,9-10H2,(H,18,22)(H,19,23)(H,20,21). The first-order valence-corrected chi connectivity index (χ1v) is 7.11. The molecular formula is C16H15N5O2. The molecule has 0 aliphatic heterocycles. The lowest BCUT2D eigenvalue weighted by Crippen LogP contribution is -2.36. The van der Waals surface area contributed by atoms with Gasteiger partial charge >= 0.3 is 0 Å². The molecule has 0 spiro atoms. The fourth-order valence-electron chi connectivity index (χ4n) is 2.14. The molecule has 2 amide bonds. The van der Waals surface area contributed by atoms with Crippen molar-refractivity contribution in [3.63, 3.8) is 0 Å². The third-order valence-corrected chi connectivity index (χ3v) is 3.33. The van der Waals surface area contributed by atoms with Crippen LogP contribution in [0.2, 0.25) is 0 Å². The molecule has 23 heavy (non-hydrogen) atoms. The number of fused-ring (bicyclic) bond motifs is 1. The molecule has 0 saturated carbocycles. The Kier molecular flexibility index (Phi) is 4.28. The van der Waals surface area contributed by atoms with Gasteiger partial charge in [-0.05, 0) is 23.8 Å². The Morgan fingerprint density at radius 1 is 1.04 bits per heavy atom. The van der Waals surface area contributed by atoms with Crippen LogP contribution in [-0.2, 0) is 11.3 Å². The number of para-hydroxylation sites is 1. The topological polar surface area (TPSA) is 99.8 Å². The number of aromatic nitrogens is 3. The largest absolute Gasteiger partial charge is 0.350 e. The minimum absolute atomic E-state index is 0.106. The second-order valence-corrected chi connectivity index (χ2v) is 4.93. The predicted octanol–water partition coefficient (Wildman–Crippen LogP) is 1.00. The van der Waals surface area contributed by atoms with Crippen LogP contribution < -0.4 is 10.6 Å². The van der Waals surface area contributed by atoms with E-state index < -0.39 is 0 Å². The highest BCUT2D eigenvalue weighted by molar-refractivity contribution is 6.05. The molecule has 3 rings (SSSR count). The number of aromatic amines is 1. The maximum Gasteiger partial charge on any atom is 0.272 e. The van der Waals surface area contributed by atoms with Crippen molar-refractivity contribution < 1.29 is 9.59 Å². The molecule has 0 bridgehead atoms. The molecule has 0 aliphatic rings. The zero-order chi connectivity index (χ0) is 16.1. The van der Waals surface area contributed by atoms with Crippen LogP contribution >= 0.6 is 0 Å². The molecule has 0 aliphatic carbocycles. The van der Waals surface area contributed by atoms with Gasteiger partial charge in [-0.25, -0.2) is 0 Å². The summed E-state index contributed by atoms with van der Waals surface area (Å²) in [6, 6.07) is 11.0. The number of H-pyrrole nitrogens is 1. The van der Waals surface area contributed by atoms with Crippen LogP contribution in [0.5, 0.6) is 0 Å². The van der Waals surface area contributed by atoms with Gasteiger partial charge in [0.15, 0.2) is 5.69 Å². The lowest BCUT2D eigenvalue weighted by Gasteiger charge is -2.06. The second-order valence-electron chi connectivity index (χ2n) is 4.93. The lowest BCUT2D eigenvalue weighted by atomic mass is 10.2. The number of benzene rings is 1. The summed E-state index contributed by atoms with van der Waals surface area (Å²) < 4.78 is 0. The molecular weight excluding hydrogens is 294 g/mol. The molecule has 7 nitrogen and oxygen atoms in total. The molecule has 116 valence electrons. The molecule has 0 radical (unpaired) electrons. The Hall–Kier alpha value is -3.22. The van der Waals surface area contributed by atoms with Gasteiger partial charge in [-0.15, -0.1) is 0 Å². The highest BCUT2D eigenvalue weighted by Crippen LogP contribution is 2.14. The van der Waals surface area contributed by atoms with E-state index in [4.69, 9.17) is 0 Å². The van der Waals surface area contributed by atoms with E-state index in [9.17, 15) is 9.59 Å². The number of carbonyl (C=O) groups is 2. The lowest BCUT2D eigenvalue weighted by molar-refractivity contribution is -0.120. The maximum atomic E-state index is 12.1. The van der Waals surface area contributed by atoms with Gasteiger partial charge in [0.25, 0.3) is 5.91 Å². The summed E-state index contributed by atoms with van der Waals surface area (Å²) in [5.41, 5.74) is 2.00. The summed E-state index contributed by atoms with van der Waals surface area (Å²) in [4.78, 5) is 27.8. The highest BCUT2D eigenvalue weighted by Gasteiger charge is 2.14. The Bertz CT molecular complexity index is 829. The van der Waals surface area contributed by atoms with Gasteiger partial charge in [-0.3, -0.25) is 19.7 Å². The number of rotatable bonds is 5. The molecule has 3 aromatic rings. The quantitative estimate of drug-likeness (QED) is 0.654. The molecule has 0 unspecified atom stereocenters. The fourth-order valence-corrected chi connectivity index (χ4v) is 2.14. The van der Waals surface area contributed by atoms with Crippen LogP contribution in [0, 0.1) is 0 Å². The number of pyridine rings is 1. The summed E-state index contributed by atoms with van der Waals surface area (Å²) in [6.45, 7) is 0.285. The number of hydrogen-bond acceptors (Lipinski definition) is 4. The van der Waals surface area contributed by atoms with E-state index in [2.05, 4.69) is 25.8 Å². The summed E-state index contributed by atoms with van der Waals surface area (Å²) >= 11 is 0. The Morgan fingerprint density at radius 3 is 2.65 bits per heavy atom. The molecule has 1 aromatic carbocycles. The Labute approximate surface area is 132 Å². The van der Waals surface area contributed by atoms with Gasteiger partial charge in [0.2, 0.25) is 5.91 Å². The first kappa shape index (κ1) is 14.7. The van der Waals surface area contributed by atoms with Gasteiger partial charge in [0.1, 0.15) is 0 Å². The van der Waals surface area contributed by atoms with E-state index in [0.717, 1.165) is 16.5 Å². The van der Waals surface area contributed by atoms with Crippen LogP contribution in [0.3, 0.4) is 0 Å². The van der Waals surface area contributed by atoms with E-state index in [1.54, 1.807) is 18.5 Å². The van der Waals surface area contributed by atoms with Crippen molar-refractivity contribution >= 4 is 22.7 Å². The number of amides is 2. The van der Waals surface area contributed by atoms with Crippen LogP contribution in [-0.4, -0.2) is 33.5 Å². The van der Waals surface area contributed by atoms with Gasteiger partial charge in [0, 0.05) is 24.3 Å². The number of nitrogens with one attached hydrogen (secondary N) is 3. The summed E-state index contributed by atoms with van der Waals surface area (Å²) in [7, 11) is 0. The zero-order valence-corrected chi connectivity index (χ0v) is 12.2. The Balaban J connectivity index is 1.53. The normalized spacial score (nSPS) is 10.4. The van der Waals surface area contributed by atoms with E-state index in [1.165, 1.54) is 0 Å². The number of hydrogen-bond donors (Lipinski definition) is 3. The summed E-state index contributed by atoms with van der Waals surface area (Å²) in [5, 5.41) is 12.8. The molecule has 0 atom stereocenters. The minimum Gasteiger partial charge on any atom is -0.350 e. The smallest absolute Gasteiger partial charge is 0.272 e. The molecule has 2 heterocycles. The number of nitrogens with zero attached hydrogens (tertiary/aromatic N) is 2. The van der Waals surface area contributed by atoms with Gasteiger partial charge in [0.05, 0.1) is 12.1 Å². The van der Waals surface area contributed by atoms with Gasteiger partial charge < -0.3 is 10.6 Å². The molecule has 7 heteroatoms. The average Bonchev–Trinajstić information content (AvgIpc) is 3.03. The molecule has 0 fully saturated rings. The van der Waals surface area contributed by atoms with Gasteiger partial charge in [-0.1, -0.05) is 18.2 Å². The summed E-state index contributed by atoms with van der Waals surface area (Å²) in [6.07, 6.45) is 3.32. The number of carbonyl (C=O) groups excluding carboxylic acids is 2. The van der Waals surface area contributed by atoms with Gasteiger partial charge in [-0.2, -0.15) is 5.10 Å². The van der Waals surface area contributed by atoms with Crippen molar-refractivity contribution in [3.05, 3.63) is 60.0 Å². The highest BCUT2D eigenvalue weighted by atomic mass is 16.2. The van der Waals surface area contributed by atoms with Crippen molar-refractivity contribution in [2.75, 3.05) is 6.54 Å². The SMILES string of the molecule is O=C(CNC(=O)c1n[nH]c2ccccc12)NCc1ccncc1. The molecule has 0 saturated heterocycles. The van der Waals surface area contributed by atoms with E-state index in [0.29, 0.717) is 6.54 Å². The first-order chi connectivity index (χ1) is 11.2. The van der Waals surface area contributed by atoms with Crippen LogP contribution in [0.25, 0.3) is 10.9 Å². The van der Waals surface area contributed by atoms with Crippen LogP contribution in [0.1, 0.15) is 16.1 Å². The fraction of sp³-hybridized carbons (Fsp3) is 0.125. The molecule has 2 aromatic heterocycles. The van der Waals surface area contributed by atoms with Crippen LogP contribution in [0.15, 0.2) is 48.8 Å². The monoisotopic (exact) mass is 309 g/mol. The predicted molar refractivity (Wildman–Crippen MR) is 84.5 cm³/mol. The Morgan fingerprint density at radius 2 is 1.83 bits per heavy atom. The first-order valence-electron chi connectivity index (χ1n) is 7.11.